The van der Waals surface area contributed by atoms with E-state index in [0.29, 0.717) is 0 Å². The second-order valence-corrected chi connectivity index (χ2v) is 3.17. The van der Waals surface area contributed by atoms with Crippen LogP contribution in [0, 0.1) is 0 Å². The number of para-hydroxylation sites is 1. The lowest BCUT2D eigenvalue weighted by atomic mass is 10.2. The van der Waals surface area contributed by atoms with Crippen molar-refractivity contribution in [3.63, 3.8) is 0 Å². The van der Waals surface area contributed by atoms with E-state index in [2.05, 4.69) is 4.74 Å². The molecule has 0 saturated heterocycles. The third-order valence-corrected chi connectivity index (χ3v) is 2.34. The highest BCUT2D eigenvalue weighted by atomic mass is 16.5. The number of ether oxygens (including phenoxy) is 1. The van der Waals surface area contributed by atoms with Crippen LogP contribution in [0.5, 0.6) is 0 Å². The number of rotatable bonds is 1. The molecule has 0 radical (unpaired) electrons. The third-order valence-electron chi connectivity index (χ3n) is 2.34. The zero-order chi connectivity index (χ0) is 10.8. The van der Waals surface area contributed by atoms with Gasteiger partial charge in [-0.3, -0.25) is 4.57 Å². The first kappa shape index (κ1) is 9.73. The topological polar surface area (TPSA) is 51.5 Å². The lowest BCUT2D eigenvalue weighted by Crippen LogP contribution is -2.09. The van der Waals surface area contributed by atoms with E-state index >= 15 is 0 Å². The van der Waals surface area contributed by atoms with E-state index in [1.165, 1.54) is 11.7 Å². The van der Waals surface area contributed by atoms with Crippen LogP contribution in [0.1, 0.15) is 5.56 Å². The molecule has 1 heterocycles. The monoisotopic (exact) mass is 205 g/mol. The molecule has 0 amide bonds. The summed E-state index contributed by atoms with van der Waals surface area (Å²) in [6, 6.07) is 7.37. The molecule has 0 spiro atoms. The fraction of sp³-hybridized carbons (Fsp3) is 0.182. The van der Waals surface area contributed by atoms with Crippen LogP contribution in [0.4, 0.5) is 4.79 Å². The van der Waals surface area contributed by atoms with E-state index in [1.54, 1.807) is 6.20 Å². The molecule has 78 valence electrons. The summed E-state index contributed by atoms with van der Waals surface area (Å²) >= 11 is 0. The van der Waals surface area contributed by atoms with Gasteiger partial charge >= 0.3 is 6.09 Å². The summed E-state index contributed by atoms with van der Waals surface area (Å²) in [7, 11) is 1.33. The van der Waals surface area contributed by atoms with Crippen molar-refractivity contribution >= 4 is 17.0 Å². The second kappa shape index (κ2) is 3.74. The summed E-state index contributed by atoms with van der Waals surface area (Å²) in [5, 5.41) is 10.0. The third kappa shape index (κ3) is 1.49. The number of hydrogen-bond donors (Lipinski definition) is 1. The maximum Gasteiger partial charge on any atom is 0.418 e. The van der Waals surface area contributed by atoms with Crippen molar-refractivity contribution in [2.75, 3.05) is 7.11 Å². The Bertz CT molecular complexity index is 502. The van der Waals surface area contributed by atoms with Crippen molar-refractivity contribution in [1.82, 2.24) is 4.57 Å². The Morgan fingerprint density at radius 3 is 2.87 bits per heavy atom. The van der Waals surface area contributed by atoms with Gasteiger partial charge in [0.15, 0.2) is 0 Å². The lowest BCUT2D eigenvalue weighted by Gasteiger charge is -2.00. The Hall–Kier alpha value is -1.81. The fourth-order valence-electron chi connectivity index (χ4n) is 1.63. The summed E-state index contributed by atoms with van der Waals surface area (Å²) in [6.45, 7) is -0.0928. The number of benzene rings is 1. The standard InChI is InChI=1S/C11H11NO3/c1-15-11(14)12-6-8(7-13)9-4-2-3-5-10(9)12/h2-6,13H,7H2,1H3. The van der Waals surface area contributed by atoms with E-state index in [0.717, 1.165) is 16.5 Å². The van der Waals surface area contributed by atoms with Crippen LogP contribution in [0.15, 0.2) is 30.5 Å². The molecule has 0 aliphatic heterocycles. The largest absolute Gasteiger partial charge is 0.452 e. The number of methoxy groups -OCH3 is 1. The zero-order valence-corrected chi connectivity index (χ0v) is 8.30. The average Bonchev–Trinajstić information content (AvgIpc) is 2.67. The first-order valence-corrected chi connectivity index (χ1v) is 4.56. The molecule has 0 fully saturated rings. The Kier molecular flexibility index (Phi) is 2.43. The van der Waals surface area contributed by atoms with Crippen molar-refractivity contribution < 1.29 is 14.6 Å². The van der Waals surface area contributed by atoms with Gasteiger partial charge in [0, 0.05) is 17.1 Å². The van der Waals surface area contributed by atoms with Gasteiger partial charge in [-0.25, -0.2) is 4.79 Å². The van der Waals surface area contributed by atoms with Gasteiger partial charge in [-0.15, -0.1) is 0 Å². The Balaban J connectivity index is 2.70. The van der Waals surface area contributed by atoms with E-state index in [4.69, 9.17) is 5.11 Å². The molecule has 2 aromatic rings. The Labute approximate surface area is 86.7 Å². The summed E-state index contributed by atoms with van der Waals surface area (Å²) < 4.78 is 6.03. The molecule has 0 atom stereocenters. The molecule has 0 aliphatic rings. The Morgan fingerprint density at radius 2 is 2.20 bits per heavy atom. The number of carbonyl (C=O) groups is 1. The maximum absolute atomic E-state index is 11.4. The normalized spacial score (nSPS) is 10.5. The molecule has 2 rings (SSSR count). The number of fused-ring (bicyclic) bond motifs is 1. The number of aliphatic hydroxyl groups is 1. The quantitative estimate of drug-likeness (QED) is 0.771. The van der Waals surface area contributed by atoms with Gasteiger partial charge in [-0.1, -0.05) is 18.2 Å². The molecular formula is C11H11NO3. The van der Waals surface area contributed by atoms with Gasteiger partial charge in [0.2, 0.25) is 0 Å². The second-order valence-electron chi connectivity index (χ2n) is 3.17. The van der Waals surface area contributed by atoms with Crippen molar-refractivity contribution in [2.24, 2.45) is 0 Å². The molecule has 1 aromatic heterocycles. The minimum absolute atomic E-state index is 0.0928. The molecule has 4 heteroatoms. The number of aliphatic hydroxyl groups excluding tert-OH is 1. The number of carbonyl (C=O) groups excluding carboxylic acids is 1. The molecule has 1 N–H and O–H groups in total. The van der Waals surface area contributed by atoms with Gasteiger partial charge in [0.25, 0.3) is 0 Å². The van der Waals surface area contributed by atoms with Crippen molar-refractivity contribution in [3.05, 3.63) is 36.0 Å². The van der Waals surface area contributed by atoms with Crippen LogP contribution in [0.2, 0.25) is 0 Å². The maximum atomic E-state index is 11.4. The first-order valence-electron chi connectivity index (χ1n) is 4.56. The highest BCUT2D eigenvalue weighted by molar-refractivity contribution is 5.91. The molecular weight excluding hydrogens is 194 g/mol. The average molecular weight is 205 g/mol. The molecule has 0 unspecified atom stereocenters. The molecule has 0 aliphatic carbocycles. The van der Waals surface area contributed by atoms with Gasteiger partial charge in [-0.2, -0.15) is 0 Å². The SMILES string of the molecule is COC(=O)n1cc(CO)c2ccccc21. The molecule has 0 bridgehead atoms. The van der Waals surface area contributed by atoms with E-state index in [-0.39, 0.29) is 6.61 Å². The van der Waals surface area contributed by atoms with Crippen LogP contribution in [-0.4, -0.2) is 22.9 Å². The van der Waals surface area contributed by atoms with Gasteiger partial charge in [0.05, 0.1) is 19.2 Å². The predicted molar refractivity (Wildman–Crippen MR) is 55.7 cm³/mol. The van der Waals surface area contributed by atoms with E-state index in [1.807, 2.05) is 24.3 Å². The summed E-state index contributed by atoms with van der Waals surface area (Å²) in [5.41, 5.74) is 1.46. The highest BCUT2D eigenvalue weighted by Gasteiger charge is 2.12. The molecule has 0 saturated carbocycles. The summed E-state index contributed by atoms with van der Waals surface area (Å²) in [4.78, 5) is 11.4. The van der Waals surface area contributed by atoms with E-state index < -0.39 is 6.09 Å². The van der Waals surface area contributed by atoms with Crippen LogP contribution >= 0.6 is 0 Å². The minimum Gasteiger partial charge on any atom is -0.452 e. The van der Waals surface area contributed by atoms with Crippen molar-refractivity contribution in [1.29, 1.82) is 0 Å². The Morgan fingerprint density at radius 1 is 1.47 bits per heavy atom. The van der Waals surface area contributed by atoms with Gasteiger partial charge < -0.3 is 9.84 Å². The van der Waals surface area contributed by atoms with Crippen LogP contribution in [-0.2, 0) is 11.3 Å². The van der Waals surface area contributed by atoms with Crippen molar-refractivity contribution in [2.45, 2.75) is 6.61 Å². The summed E-state index contributed by atoms with van der Waals surface area (Å²) in [6.07, 6.45) is 1.14. The predicted octanol–water partition coefficient (Wildman–Crippen LogP) is 1.75. The van der Waals surface area contributed by atoms with Crippen LogP contribution < -0.4 is 0 Å². The van der Waals surface area contributed by atoms with Crippen molar-refractivity contribution in [3.8, 4) is 0 Å². The van der Waals surface area contributed by atoms with Crippen LogP contribution in [0.3, 0.4) is 0 Å². The molecule has 1 aromatic carbocycles. The lowest BCUT2D eigenvalue weighted by molar-refractivity contribution is 0.174. The summed E-state index contributed by atoms with van der Waals surface area (Å²) in [5.74, 6) is 0. The first-order chi connectivity index (χ1) is 7.27. The minimum atomic E-state index is -0.453. The van der Waals surface area contributed by atoms with E-state index in [9.17, 15) is 4.79 Å². The number of hydrogen-bond acceptors (Lipinski definition) is 3. The van der Waals surface area contributed by atoms with Gasteiger partial charge in [0.1, 0.15) is 0 Å². The number of nitrogens with zero attached hydrogens (tertiary/aromatic N) is 1. The fourth-order valence-corrected chi connectivity index (χ4v) is 1.63. The van der Waals surface area contributed by atoms with Gasteiger partial charge in [-0.05, 0) is 6.07 Å². The zero-order valence-electron chi connectivity index (χ0n) is 8.30. The van der Waals surface area contributed by atoms with Crippen LogP contribution in [0.25, 0.3) is 10.9 Å². The molecule has 15 heavy (non-hydrogen) atoms. The number of aromatic nitrogens is 1. The highest BCUT2D eigenvalue weighted by Crippen LogP contribution is 2.21. The smallest absolute Gasteiger partial charge is 0.418 e. The molecule has 4 nitrogen and oxygen atoms in total.